The molecule has 1 atom stereocenters. The van der Waals surface area contributed by atoms with E-state index < -0.39 is 0 Å². The number of hydrogen-bond acceptors (Lipinski definition) is 3. The van der Waals surface area contributed by atoms with Crippen molar-refractivity contribution in [3.8, 4) is 5.75 Å². The van der Waals surface area contributed by atoms with Crippen molar-refractivity contribution in [2.45, 2.75) is 25.3 Å². The number of ether oxygens (including phenoxy) is 1. The molecule has 0 spiro atoms. The molecule has 1 saturated carbocycles. The standard InChI is InChI=1S/C16H24N2O/c1-19-15-6-2-13(3-7-15)8-10-18-11-9-17-12-16(18)14-4-5-14/h2-3,6-7,14,16-17H,4-5,8-12H2,1H3. The summed E-state index contributed by atoms with van der Waals surface area (Å²) in [6, 6.07) is 9.28. The van der Waals surface area contributed by atoms with E-state index >= 15 is 0 Å². The van der Waals surface area contributed by atoms with Gasteiger partial charge in [0.1, 0.15) is 5.75 Å². The molecule has 1 aliphatic carbocycles. The number of benzene rings is 1. The fraction of sp³-hybridized carbons (Fsp3) is 0.625. The summed E-state index contributed by atoms with van der Waals surface area (Å²) in [5.74, 6) is 1.91. The highest BCUT2D eigenvalue weighted by molar-refractivity contribution is 5.27. The van der Waals surface area contributed by atoms with E-state index in [1.54, 1.807) is 7.11 Å². The van der Waals surface area contributed by atoms with E-state index in [0.717, 1.165) is 30.7 Å². The van der Waals surface area contributed by atoms with Crippen molar-refractivity contribution in [2.24, 2.45) is 5.92 Å². The van der Waals surface area contributed by atoms with Crippen LogP contribution >= 0.6 is 0 Å². The lowest BCUT2D eigenvalue weighted by atomic mass is 10.1. The zero-order valence-corrected chi connectivity index (χ0v) is 11.8. The van der Waals surface area contributed by atoms with Crippen LogP contribution in [0.25, 0.3) is 0 Å². The van der Waals surface area contributed by atoms with E-state index in [1.807, 2.05) is 0 Å². The maximum absolute atomic E-state index is 5.20. The first-order valence-electron chi connectivity index (χ1n) is 7.44. The van der Waals surface area contributed by atoms with Crippen LogP contribution in [0.4, 0.5) is 0 Å². The van der Waals surface area contributed by atoms with Crippen molar-refractivity contribution in [1.29, 1.82) is 0 Å². The highest BCUT2D eigenvalue weighted by atomic mass is 16.5. The molecule has 0 radical (unpaired) electrons. The summed E-state index contributed by atoms with van der Waals surface area (Å²) in [4.78, 5) is 2.69. The Hall–Kier alpha value is -1.06. The zero-order chi connectivity index (χ0) is 13.1. The monoisotopic (exact) mass is 260 g/mol. The summed E-state index contributed by atoms with van der Waals surface area (Å²) in [6.07, 6.45) is 4.02. The SMILES string of the molecule is COc1ccc(CCN2CCNCC2C2CC2)cc1. The van der Waals surface area contributed by atoms with Gasteiger partial charge in [-0.3, -0.25) is 4.90 Å². The second kappa shape index (κ2) is 5.93. The van der Waals surface area contributed by atoms with E-state index in [9.17, 15) is 0 Å². The molecule has 0 aromatic heterocycles. The van der Waals surface area contributed by atoms with Gasteiger partial charge in [-0.25, -0.2) is 0 Å². The fourth-order valence-corrected chi connectivity index (χ4v) is 3.06. The molecule has 104 valence electrons. The Morgan fingerprint density at radius 1 is 1.26 bits per heavy atom. The third-order valence-corrected chi connectivity index (χ3v) is 4.41. The lowest BCUT2D eigenvalue weighted by Gasteiger charge is -2.36. The molecular weight excluding hydrogens is 236 g/mol. The highest BCUT2D eigenvalue weighted by Gasteiger charge is 2.36. The molecule has 2 aliphatic rings. The van der Waals surface area contributed by atoms with Gasteiger partial charge < -0.3 is 10.1 Å². The molecule has 1 aliphatic heterocycles. The lowest BCUT2D eigenvalue weighted by molar-refractivity contribution is 0.145. The minimum atomic E-state index is 0.784. The highest BCUT2D eigenvalue weighted by Crippen LogP contribution is 2.35. The van der Waals surface area contributed by atoms with E-state index in [2.05, 4.69) is 34.5 Å². The number of nitrogens with one attached hydrogen (secondary N) is 1. The summed E-state index contributed by atoms with van der Waals surface area (Å²) in [7, 11) is 1.72. The Bertz CT molecular complexity index is 400. The molecule has 1 N–H and O–H groups in total. The lowest BCUT2D eigenvalue weighted by Crippen LogP contribution is -2.52. The average molecular weight is 260 g/mol. The number of rotatable bonds is 5. The van der Waals surface area contributed by atoms with Crippen LogP contribution in [0.15, 0.2) is 24.3 Å². The van der Waals surface area contributed by atoms with Crippen molar-refractivity contribution >= 4 is 0 Å². The van der Waals surface area contributed by atoms with Crippen molar-refractivity contribution in [3.63, 3.8) is 0 Å². The second-order valence-corrected chi connectivity index (χ2v) is 5.74. The van der Waals surface area contributed by atoms with E-state index in [1.165, 1.54) is 38.0 Å². The van der Waals surface area contributed by atoms with Crippen LogP contribution in [0.3, 0.4) is 0 Å². The van der Waals surface area contributed by atoms with Crippen LogP contribution in [0, 0.1) is 5.92 Å². The van der Waals surface area contributed by atoms with Gasteiger partial charge in [-0.05, 0) is 42.9 Å². The molecule has 0 bridgehead atoms. The molecule has 1 aromatic carbocycles. The molecule has 19 heavy (non-hydrogen) atoms. The topological polar surface area (TPSA) is 24.5 Å². The summed E-state index contributed by atoms with van der Waals surface area (Å²) in [6.45, 7) is 4.73. The van der Waals surface area contributed by atoms with Crippen LogP contribution in [0.5, 0.6) is 5.75 Å². The number of nitrogens with zero attached hydrogens (tertiary/aromatic N) is 1. The number of piperazine rings is 1. The first-order chi connectivity index (χ1) is 9.36. The van der Waals surface area contributed by atoms with Crippen LogP contribution in [-0.4, -0.2) is 44.2 Å². The first kappa shape index (κ1) is 12.9. The largest absolute Gasteiger partial charge is 0.497 e. The molecule has 1 aromatic rings. The Kier molecular flexibility index (Phi) is 4.04. The Labute approximate surface area is 115 Å². The molecular formula is C16H24N2O. The average Bonchev–Trinajstić information content (AvgIpc) is 3.30. The van der Waals surface area contributed by atoms with Crippen LogP contribution in [0.2, 0.25) is 0 Å². The minimum Gasteiger partial charge on any atom is -0.497 e. The van der Waals surface area contributed by atoms with Crippen LogP contribution < -0.4 is 10.1 Å². The quantitative estimate of drug-likeness (QED) is 0.875. The maximum Gasteiger partial charge on any atom is 0.118 e. The predicted octanol–water partition coefficient (Wildman–Crippen LogP) is 1.92. The molecule has 3 rings (SSSR count). The summed E-state index contributed by atoms with van der Waals surface area (Å²) < 4.78 is 5.20. The summed E-state index contributed by atoms with van der Waals surface area (Å²) in [5, 5.41) is 3.54. The third-order valence-electron chi connectivity index (χ3n) is 4.41. The Balaban J connectivity index is 1.54. The van der Waals surface area contributed by atoms with E-state index in [-0.39, 0.29) is 0 Å². The van der Waals surface area contributed by atoms with Gasteiger partial charge in [-0.15, -0.1) is 0 Å². The van der Waals surface area contributed by atoms with Gasteiger partial charge in [0.15, 0.2) is 0 Å². The van der Waals surface area contributed by atoms with Crippen molar-refractivity contribution in [2.75, 3.05) is 33.3 Å². The fourth-order valence-electron chi connectivity index (χ4n) is 3.06. The maximum atomic E-state index is 5.20. The summed E-state index contributed by atoms with van der Waals surface area (Å²) >= 11 is 0. The third kappa shape index (κ3) is 3.28. The van der Waals surface area contributed by atoms with Gasteiger partial charge in [0.05, 0.1) is 7.11 Å². The van der Waals surface area contributed by atoms with Crippen LogP contribution in [-0.2, 0) is 6.42 Å². The molecule has 0 amide bonds. The van der Waals surface area contributed by atoms with Crippen molar-refractivity contribution < 1.29 is 4.74 Å². The van der Waals surface area contributed by atoms with E-state index in [0.29, 0.717) is 0 Å². The number of hydrogen-bond donors (Lipinski definition) is 1. The molecule has 3 heteroatoms. The van der Waals surface area contributed by atoms with Crippen molar-refractivity contribution in [3.05, 3.63) is 29.8 Å². The normalized spacial score (nSPS) is 24.4. The van der Waals surface area contributed by atoms with Crippen molar-refractivity contribution in [1.82, 2.24) is 10.2 Å². The van der Waals surface area contributed by atoms with Gasteiger partial charge in [-0.1, -0.05) is 12.1 Å². The summed E-state index contributed by atoms with van der Waals surface area (Å²) in [5.41, 5.74) is 1.41. The molecule has 2 fully saturated rings. The molecule has 1 saturated heterocycles. The molecule has 1 unspecified atom stereocenters. The van der Waals surface area contributed by atoms with Gasteiger partial charge in [0, 0.05) is 32.2 Å². The minimum absolute atomic E-state index is 0.784. The first-order valence-corrected chi connectivity index (χ1v) is 7.44. The van der Waals surface area contributed by atoms with Gasteiger partial charge >= 0.3 is 0 Å². The van der Waals surface area contributed by atoms with Gasteiger partial charge in [-0.2, -0.15) is 0 Å². The van der Waals surface area contributed by atoms with Gasteiger partial charge in [0.2, 0.25) is 0 Å². The van der Waals surface area contributed by atoms with E-state index in [4.69, 9.17) is 4.74 Å². The molecule has 3 nitrogen and oxygen atoms in total. The molecule has 1 heterocycles. The van der Waals surface area contributed by atoms with Crippen LogP contribution in [0.1, 0.15) is 18.4 Å². The second-order valence-electron chi connectivity index (χ2n) is 5.74. The number of methoxy groups -OCH3 is 1. The smallest absolute Gasteiger partial charge is 0.118 e. The Morgan fingerprint density at radius 2 is 2.05 bits per heavy atom. The Morgan fingerprint density at radius 3 is 2.74 bits per heavy atom. The zero-order valence-electron chi connectivity index (χ0n) is 11.8. The van der Waals surface area contributed by atoms with Gasteiger partial charge in [0.25, 0.3) is 0 Å². The predicted molar refractivity (Wildman–Crippen MR) is 77.7 cm³/mol.